The smallest absolute Gasteiger partial charge is 0.291 e. The molecule has 146 valence electrons. The van der Waals surface area contributed by atoms with E-state index in [1.165, 1.54) is 30.5 Å². The van der Waals surface area contributed by atoms with E-state index in [0.717, 1.165) is 4.68 Å². The van der Waals surface area contributed by atoms with Crippen molar-refractivity contribution in [3.05, 3.63) is 74.9 Å². The molecule has 28 heavy (non-hydrogen) atoms. The number of benzene rings is 1. The van der Waals surface area contributed by atoms with E-state index in [4.69, 9.17) is 23.2 Å². The highest BCUT2D eigenvalue weighted by atomic mass is 35.5. The Morgan fingerprint density at radius 3 is 2.43 bits per heavy atom. The van der Waals surface area contributed by atoms with Crippen LogP contribution in [0.2, 0.25) is 10.0 Å². The summed E-state index contributed by atoms with van der Waals surface area (Å²) in [7, 11) is -2.38. The summed E-state index contributed by atoms with van der Waals surface area (Å²) in [6.07, 6.45) is 2.86. The van der Waals surface area contributed by atoms with Crippen LogP contribution < -0.4 is 15.8 Å². The third-order valence-electron chi connectivity index (χ3n) is 3.74. The fourth-order valence-electron chi connectivity index (χ4n) is 2.30. The summed E-state index contributed by atoms with van der Waals surface area (Å²) in [4.78, 5) is 26.0. The highest BCUT2D eigenvalue weighted by Crippen LogP contribution is 2.17. The van der Waals surface area contributed by atoms with Crippen LogP contribution in [-0.2, 0) is 17.1 Å². The number of hydrogen-bond acceptors (Lipinski definition) is 5. The van der Waals surface area contributed by atoms with Gasteiger partial charge in [0.15, 0.2) is 0 Å². The lowest BCUT2D eigenvalue weighted by Gasteiger charge is -2.10. The third kappa shape index (κ3) is 3.94. The van der Waals surface area contributed by atoms with Gasteiger partial charge in [0.1, 0.15) is 10.7 Å². The largest absolute Gasteiger partial charge is 0.347 e. The zero-order valence-electron chi connectivity index (χ0n) is 14.3. The molecule has 12 heteroatoms. The molecular weight excluding hydrogens is 429 g/mol. The SMILES string of the molecule is Cn1cccc1C(=O)NNS(=O)(=O)c1ccc(-n2ncc(Cl)c(Cl)c2=O)cc1. The van der Waals surface area contributed by atoms with Gasteiger partial charge < -0.3 is 4.57 Å². The van der Waals surface area contributed by atoms with Gasteiger partial charge in [-0.2, -0.15) is 9.78 Å². The Bertz CT molecular complexity index is 1200. The number of amides is 1. The standard InChI is InChI=1S/C16H13Cl2N5O4S/c1-22-8-2-3-13(22)15(24)20-21-28(26,27)11-6-4-10(5-7-11)23-16(25)14(18)12(17)9-19-23/h2-9,21H,1H3,(H,20,24). The Balaban J connectivity index is 1.79. The number of aryl methyl sites for hydroxylation is 1. The number of carbonyl (C=O) groups excluding carboxylic acids is 1. The van der Waals surface area contributed by atoms with E-state index >= 15 is 0 Å². The molecule has 0 fully saturated rings. The normalized spacial score (nSPS) is 11.4. The first-order valence-electron chi connectivity index (χ1n) is 7.68. The molecule has 2 heterocycles. The van der Waals surface area contributed by atoms with Gasteiger partial charge in [0.2, 0.25) is 0 Å². The minimum atomic E-state index is -4.03. The molecule has 0 aliphatic rings. The van der Waals surface area contributed by atoms with E-state index in [2.05, 4.69) is 10.5 Å². The molecule has 3 aromatic rings. The molecule has 2 aromatic heterocycles. The van der Waals surface area contributed by atoms with E-state index in [0.29, 0.717) is 0 Å². The topological polar surface area (TPSA) is 115 Å². The maximum atomic E-state index is 12.3. The lowest BCUT2D eigenvalue weighted by molar-refractivity contribution is 0.0937. The molecule has 0 unspecified atom stereocenters. The molecule has 3 rings (SSSR count). The maximum Gasteiger partial charge on any atom is 0.291 e. The number of halogens is 2. The van der Waals surface area contributed by atoms with Crippen molar-refractivity contribution >= 4 is 39.1 Å². The molecular formula is C16H13Cl2N5O4S. The summed E-state index contributed by atoms with van der Waals surface area (Å²) in [5.41, 5.74) is 2.06. The quantitative estimate of drug-likeness (QED) is 0.582. The molecule has 0 saturated carbocycles. The number of nitrogens with zero attached hydrogens (tertiary/aromatic N) is 3. The molecule has 9 nitrogen and oxygen atoms in total. The van der Waals surface area contributed by atoms with E-state index in [9.17, 15) is 18.0 Å². The fourth-order valence-corrected chi connectivity index (χ4v) is 3.39. The Labute approximate surface area is 169 Å². The van der Waals surface area contributed by atoms with Crippen molar-refractivity contribution in [3.8, 4) is 5.69 Å². The fraction of sp³-hybridized carbons (Fsp3) is 0.0625. The van der Waals surface area contributed by atoms with E-state index < -0.39 is 21.5 Å². The second-order valence-electron chi connectivity index (χ2n) is 5.58. The molecule has 0 spiro atoms. The van der Waals surface area contributed by atoms with Crippen LogP contribution in [0.25, 0.3) is 5.69 Å². The average Bonchev–Trinajstić information content (AvgIpc) is 3.10. The number of aromatic nitrogens is 3. The van der Waals surface area contributed by atoms with Crippen molar-refractivity contribution in [2.75, 3.05) is 0 Å². The van der Waals surface area contributed by atoms with Gasteiger partial charge in [-0.05, 0) is 36.4 Å². The van der Waals surface area contributed by atoms with Crippen LogP contribution in [0.1, 0.15) is 10.5 Å². The lowest BCUT2D eigenvalue weighted by Crippen LogP contribution is -2.42. The second-order valence-corrected chi connectivity index (χ2v) is 8.05. The van der Waals surface area contributed by atoms with E-state index in [1.54, 1.807) is 29.9 Å². The van der Waals surface area contributed by atoms with Crippen molar-refractivity contribution in [2.45, 2.75) is 4.90 Å². The summed E-state index contributed by atoms with van der Waals surface area (Å²) in [6, 6.07) is 8.44. The molecule has 2 N–H and O–H groups in total. The summed E-state index contributed by atoms with van der Waals surface area (Å²) in [5.74, 6) is -0.612. The van der Waals surface area contributed by atoms with Gasteiger partial charge in [0.25, 0.3) is 21.5 Å². The minimum absolute atomic E-state index is 0.0141. The highest BCUT2D eigenvalue weighted by Gasteiger charge is 2.17. The number of sulfonamides is 1. The summed E-state index contributed by atoms with van der Waals surface area (Å²) in [6.45, 7) is 0. The van der Waals surface area contributed by atoms with Gasteiger partial charge in [0, 0.05) is 13.2 Å². The zero-order valence-corrected chi connectivity index (χ0v) is 16.6. The lowest BCUT2D eigenvalue weighted by atomic mass is 10.3. The molecule has 0 bridgehead atoms. The van der Waals surface area contributed by atoms with Gasteiger partial charge in [-0.15, -0.1) is 4.83 Å². The Kier molecular flexibility index (Phi) is 5.57. The first kappa shape index (κ1) is 20.1. The van der Waals surface area contributed by atoms with E-state index in [-0.39, 0.29) is 26.3 Å². The van der Waals surface area contributed by atoms with Crippen LogP contribution in [-0.4, -0.2) is 28.7 Å². The van der Waals surface area contributed by atoms with Crippen LogP contribution in [0, 0.1) is 0 Å². The van der Waals surface area contributed by atoms with Gasteiger partial charge in [-0.1, -0.05) is 23.2 Å². The van der Waals surface area contributed by atoms with E-state index in [1.807, 2.05) is 4.83 Å². The first-order valence-corrected chi connectivity index (χ1v) is 9.92. The molecule has 0 aliphatic carbocycles. The van der Waals surface area contributed by atoms with Crippen molar-refractivity contribution in [3.63, 3.8) is 0 Å². The predicted octanol–water partition coefficient (Wildman–Crippen LogP) is 1.50. The van der Waals surface area contributed by atoms with Gasteiger partial charge >= 0.3 is 0 Å². The summed E-state index contributed by atoms with van der Waals surface area (Å²) < 4.78 is 27.2. The molecule has 0 radical (unpaired) electrons. The average molecular weight is 442 g/mol. The predicted molar refractivity (Wildman–Crippen MR) is 103 cm³/mol. The van der Waals surface area contributed by atoms with Crippen LogP contribution in [0.5, 0.6) is 0 Å². The van der Waals surface area contributed by atoms with Crippen molar-refractivity contribution in [2.24, 2.45) is 7.05 Å². The molecule has 0 atom stereocenters. The molecule has 0 aliphatic heterocycles. The van der Waals surface area contributed by atoms with Crippen LogP contribution in [0.3, 0.4) is 0 Å². The number of hydrogen-bond donors (Lipinski definition) is 2. The molecule has 0 saturated heterocycles. The monoisotopic (exact) mass is 441 g/mol. The highest BCUT2D eigenvalue weighted by molar-refractivity contribution is 7.89. The Morgan fingerprint density at radius 1 is 1.14 bits per heavy atom. The first-order chi connectivity index (χ1) is 13.2. The van der Waals surface area contributed by atoms with Crippen LogP contribution in [0.4, 0.5) is 0 Å². The maximum absolute atomic E-state index is 12.3. The summed E-state index contributed by atoms with van der Waals surface area (Å²) >= 11 is 11.5. The van der Waals surface area contributed by atoms with Crippen molar-refractivity contribution in [1.82, 2.24) is 24.6 Å². The van der Waals surface area contributed by atoms with Crippen molar-refractivity contribution < 1.29 is 13.2 Å². The summed E-state index contributed by atoms with van der Waals surface area (Å²) in [5, 5.41) is 3.68. The van der Waals surface area contributed by atoms with Crippen LogP contribution in [0.15, 0.2) is 58.5 Å². The number of rotatable bonds is 5. The minimum Gasteiger partial charge on any atom is -0.347 e. The van der Waals surface area contributed by atoms with Gasteiger partial charge in [-0.25, -0.2) is 8.42 Å². The van der Waals surface area contributed by atoms with Gasteiger partial charge in [-0.3, -0.25) is 15.0 Å². The Morgan fingerprint density at radius 2 is 1.82 bits per heavy atom. The van der Waals surface area contributed by atoms with Crippen LogP contribution >= 0.6 is 23.2 Å². The molecule has 1 aromatic carbocycles. The molecule has 1 amide bonds. The number of hydrazine groups is 1. The van der Waals surface area contributed by atoms with Gasteiger partial charge in [0.05, 0.1) is 21.8 Å². The van der Waals surface area contributed by atoms with Crippen molar-refractivity contribution in [1.29, 1.82) is 0 Å². The third-order valence-corrected chi connectivity index (χ3v) is 5.76. The number of carbonyl (C=O) groups is 1. The number of nitrogens with one attached hydrogen (secondary N) is 2. The second kappa shape index (κ2) is 7.76. The zero-order chi connectivity index (χ0) is 20.5. The Hall–Kier alpha value is -2.66.